The van der Waals surface area contributed by atoms with Gasteiger partial charge < -0.3 is 5.32 Å². The fourth-order valence-electron chi connectivity index (χ4n) is 2.03. The zero-order chi connectivity index (χ0) is 17.0. The van der Waals surface area contributed by atoms with Crippen LogP contribution < -0.4 is 10.9 Å². The van der Waals surface area contributed by atoms with Gasteiger partial charge in [-0.1, -0.05) is 23.7 Å². The van der Waals surface area contributed by atoms with Crippen LogP contribution in [0.3, 0.4) is 0 Å². The summed E-state index contributed by atoms with van der Waals surface area (Å²) in [5, 5.41) is 14.0. The first-order valence-corrected chi connectivity index (χ1v) is 7.14. The molecular weight excluding hydrogens is 322 g/mol. The molecule has 2 aromatic rings. The number of hydrogen-bond acceptors (Lipinski definition) is 4. The van der Waals surface area contributed by atoms with E-state index in [1.807, 2.05) is 0 Å². The molecule has 0 aliphatic rings. The van der Waals surface area contributed by atoms with Crippen molar-refractivity contribution in [2.45, 2.75) is 19.5 Å². The highest BCUT2D eigenvalue weighted by Gasteiger charge is 2.13. The van der Waals surface area contributed by atoms with Crippen molar-refractivity contribution in [3.05, 3.63) is 73.6 Å². The number of pyridine rings is 1. The van der Waals surface area contributed by atoms with Crippen LogP contribution in [-0.2, 0) is 11.3 Å². The van der Waals surface area contributed by atoms with Crippen molar-refractivity contribution in [1.29, 1.82) is 0 Å². The summed E-state index contributed by atoms with van der Waals surface area (Å²) >= 11 is 5.81. The first-order chi connectivity index (χ1) is 10.9. The molecule has 8 heteroatoms. The molecular formula is C15H14ClN3O4. The summed E-state index contributed by atoms with van der Waals surface area (Å²) in [6.45, 7) is 1.50. The van der Waals surface area contributed by atoms with E-state index in [1.165, 1.54) is 0 Å². The summed E-state index contributed by atoms with van der Waals surface area (Å²) in [7, 11) is 0. The van der Waals surface area contributed by atoms with Gasteiger partial charge in [-0.3, -0.25) is 24.3 Å². The van der Waals surface area contributed by atoms with E-state index < -0.39 is 16.4 Å². The second kappa shape index (κ2) is 7.06. The first kappa shape index (κ1) is 16.7. The molecule has 120 valence electrons. The van der Waals surface area contributed by atoms with E-state index in [1.54, 1.807) is 31.2 Å². The number of aromatic nitrogens is 1. The monoisotopic (exact) mass is 335 g/mol. The number of hydrogen-bond donors (Lipinski definition) is 1. The van der Waals surface area contributed by atoms with Crippen LogP contribution >= 0.6 is 11.6 Å². The summed E-state index contributed by atoms with van der Waals surface area (Å²) in [4.78, 5) is 33.8. The molecule has 1 unspecified atom stereocenters. The number of halogens is 1. The average molecular weight is 336 g/mol. The van der Waals surface area contributed by atoms with Crippen LogP contribution in [-0.4, -0.2) is 15.4 Å². The first-order valence-electron chi connectivity index (χ1n) is 6.76. The second-order valence-electron chi connectivity index (χ2n) is 4.95. The third kappa shape index (κ3) is 4.40. The van der Waals surface area contributed by atoms with Gasteiger partial charge in [0.2, 0.25) is 5.91 Å². The van der Waals surface area contributed by atoms with Crippen LogP contribution in [0.4, 0.5) is 5.69 Å². The highest BCUT2D eigenvalue weighted by molar-refractivity contribution is 6.30. The van der Waals surface area contributed by atoms with Crippen molar-refractivity contribution in [3.63, 3.8) is 0 Å². The lowest BCUT2D eigenvalue weighted by Crippen LogP contribution is -2.33. The zero-order valence-corrected chi connectivity index (χ0v) is 13.0. The molecule has 0 saturated heterocycles. The van der Waals surface area contributed by atoms with Crippen LogP contribution in [0.2, 0.25) is 5.02 Å². The van der Waals surface area contributed by atoms with Crippen molar-refractivity contribution in [2.24, 2.45) is 0 Å². The van der Waals surface area contributed by atoms with Gasteiger partial charge in [0.15, 0.2) is 0 Å². The van der Waals surface area contributed by atoms with E-state index in [0.717, 1.165) is 28.5 Å². The standard InChI is InChI=1S/C15H14ClN3O4/c1-10(11-2-4-12(16)5-3-11)17-14(20)9-18-8-13(19(22)23)6-7-15(18)21/h2-8,10H,9H2,1H3,(H,17,20). The number of amides is 1. The van der Waals surface area contributed by atoms with E-state index in [9.17, 15) is 19.7 Å². The van der Waals surface area contributed by atoms with Crippen molar-refractivity contribution >= 4 is 23.2 Å². The average Bonchev–Trinajstić information content (AvgIpc) is 2.49. The minimum absolute atomic E-state index is 0.247. The molecule has 1 amide bonds. The molecule has 1 aromatic carbocycles. The zero-order valence-electron chi connectivity index (χ0n) is 12.2. The minimum atomic E-state index is -0.621. The van der Waals surface area contributed by atoms with Crippen molar-refractivity contribution < 1.29 is 9.72 Å². The number of nitrogens with zero attached hydrogens (tertiary/aromatic N) is 2. The Labute approximate surface area is 136 Å². The predicted molar refractivity (Wildman–Crippen MR) is 85.4 cm³/mol. The number of rotatable bonds is 5. The van der Waals surface area contributed by atoms with Gasteiger partial charge >= 0.3 is 0 Å². The minimum Gasteiger partial charge on any atom is -0.348 e. The quantitative estimate of drug-likeness (QED) is 0.670. The normalized spacial score (nSPS) is 11.7. The molecule has 0 aliphatic heterocycles. The highest BCUT2D eigenvalue weighted by atomic mass is 35.5. The van der Waals surface area contributed by atoms with E-state index in [4.69, 9.17) is 11.6 Å². The third-order valence-electron chi connectivity index (χ3n) is 3.24. The SMILES string of the molecule is CC(NC(=O)Cn1cc([N+](=O)[O-])ccc1=O)c1ccc(Cl)cc1. The van der Waals surface area contributed by atoms with Gasteiger partial charge in [-0.05, 0) is 24.6 Å². The van der Waals surface area contributed by atoms with Gasteiger partial charge in [0.05, 0.1) is 17.2 Å². The molecule has 23 heavy (non-hydrogen) atoms. The predicted octanol–water partition coefficient (Wildman–Crippen LogP) is 2.29. The number of benzene rings is 1. The number of nitrogens with one attached hydrogen (secondary N) is 1. The van der Waals surface area contributed by atoms with Crippen LogP contribution in [0.25, 0.3) is 0 Å². The molecule has 1 heterocycles. The van der Waals surface area contributed by atoms with E-state index >= 15 is 0 Å². The van der Waals surface area contributed by atoms with Crippen LogP contribution in [0.15, 0.2) is 47.4 Å². The lowest BCUT2D eigenvalue weighted by atomic mass is 10.1. The molecule has 0 spiro atoms. The third-order valence-corrected chi connectivity index (χ3v) is 3.49. The number of carbonyl (C=O) groups is 1. The fraction of sp³-hybridized carbons (Fsp3) is 0.200. The summed E-state index contributed by atoms with van der Waals surface area (Å²) in [5.41, 5.74) is 0.127. The Hall–Kier alpha value is -2.67. The molecule has 1 N–H and O–H groups in total. The van der Waals surface area contributed by atoms with Gasteiger partial charge in [0.1, 0.15) is 6.54 Å². The van der Waals surface area contributed by atoms with Gasteiger partial charge in [-0.2, -0.15) is 0 Å². The maximum absolute atomic E-state index is 12.0. The lowest BCUT2D eigenvalue weighted by molar-refractivity contribution is -0.385. The Morgan fingerprint density at radius 3 is 2.57 bits per heavy atom. The van der Waals surface area contributed by atoms with E-state index in [0.29, 0.717) is 5.02 Å². The molecule has 0 radical (unpaired) electrons. The number of carbonyl (C=O) groups excluding carboxylic acids is 1. The Morgan fingerprint density at radius 2 is 1.96 bits per heavy atom. The fourth-order valence-corrected chi connectivity index (χ4v) is 2.15. The lowest BCUT2D eigenvalue weighted by Gasteiger charge is -2.15. The Balaban J connectivity index is 2.07. The largest absolute Gasteiger partial charge is 0.348 e. The van der Waals surface area contributed by atoms with Gasteiger partial charge in [-0.25, -0.2) is 0 Å². The van der Waals surface area contributed by atoms with E-state index in [2.05, 4.69) is 5.32 Å². The second-order valence-corrected chi connectivity index (χ2v) is 5.39. The summed E-state index contributed by atoms with van der Waals surface area (Å²) in [6.07, 6.45) is 1.05. The molecule has 1 atom stereocenters. The van der Waals surface area contributed by atoms with Crippen LogP contribution in [0.1, 0.15) is 18.5 Å². The van der Waals surface area contributed by atoms with Crippen LogP contribution in [0.5, 0.6) is 0 Å². The molecule has 0 fully saturated rings. The van der Waals surface area contributed by atoms with Gasteiger partial charge in [-0.15, -0.1) is 0 Å². The summed E-state index contributed by atoms with van der Waals surface area (Å²) in [6, 6.07) is 8.88. The van der Waals surface area contributed by atoms with Crippen molar-refractivity contribution in [3.8, 4) is 0 Å². The smallest absolute Gasteiger partial charge is 0.285 e. The Bertz CT molecular complexity index is 786. The van der Waals surface area contributed by atoms with Crippen molar-refractivity contribution in [1.82, 2.24) is 9.88 Å². The molecule has 0 bridgehead atoms. The topological polar surface area (TPSA) is 94.2 Å². The summed E-state index contributed by atoms with van der Waals surface area (Å²) < 4.78 is 1.00. The highest BCUT2D eigenvalue weighted by Crippen LogP contribution is 2.16. The molecule has 0 saturated carbocycles. The summed E-state index contributed by atoms with van der Waals surface area (Å²) in [5.74, 6) is -0.421. The maximum atomic E-state index is 12.0. The Kier molecular flexibility index (Phi) is 5.13. The maximum Gasteiger partial charge on any atom is 0.285 e. The van der Waals surface area contributed by atoms with E-state index in [-0.39, 0.29) is 18.3 Å². The van der Waals surface area contributed by atoms with Gasteiger partial charge in [0, 0.05) is 17.2 Å². The molecule has 7 nitrogen and oxygen atoms in total. The Morgan fingerprint density at radius 1 is 1.30 bits per heavy atom. The molecule has 2 rings (SSSR count). The number of nitro groups is 1. The van der Waals surface area contributed by atoms with Crippen molar-refractivity contribution in [2.75, 3.05) is 0 Å². The molecule has 0 aliphatic carbocycles. The molecule has 1 aromatic heterocycles. The van der Waals surface area contributed by atoms with Gasteiger partial charge in [0.25, 0.3) is 11.2 Å². The van der Waals surface area contributed by atoms with Crippen LogP contribution in [0, 0.1) is 10.1 Å².